The van der Waals surface area contributed by atoms with Gasteiger partial charge in [0.1, 0.15) is 5.82 Å². The normalized spacial score (nSPS) is 12.4. The van der Waals surface area contributed by atoms with Crippen molar-refractivity contribution in [3.63, 3.8) is 0 Å². The highest BCUT2D eigenvalue weighted by Gasteiger charge is 2.06. The minimum atomic E-state index is 0.119. The Hall–Kier alpha value is -1.26. The van der Waals surface area contributed by atoms with Gasteiger partial charge in [0, 0.05) is 34.7 Å². The van der Waals surface area contributed by atoms with E-state index in [1.165, 1.54) is 5.56 Å². The van der Waals surface area contributed by atoms with Crippen LogP contribution in [0.4, 0.5) is 0 Å². The average molecular weight is 320 g/mol. The van der Waals surface area contributed by atoms with Crippen LogP contribution in [-0.2, 0) is 12.8 Å². The van der Waals surface area contributed by atoms with Gasteiger partial charge in [0.2, 0.25) is 0 Å². The first kappa shape index (κ1) is 14.2. The quantitative estimate of drug-likeness (QED) is 0.942. The molecule has 0 radical (unpaired) electrons. The average Bonchev–Trinajstić information content (AvgIpc) is 2.26. The van der Waals surface area contributed by atoms with Crippen LogP contribution >= 0.6 is 15.9 Å². The van der Waals surface area contributed by atoms with Gasteiger partial charge in [-0.1, -0.05) is 28.1 Å². The van der Waals surface area contributed by atoms with Crippen molar-refractivity contribution in [2.24, 2.45) is 5.73 Å². The van der Waals surface area contributed by atoms with Crippen LogP contribution in [0.25, 0.3) is 0 Å². The summed E-state index contributed by atoms with van der Waals surface area (Å²) in [5.41, 5.74) is 9.05. The molecule has 4 heteroatoms. The van der Waals surface area contributed by atoms with Gasteiger partial charge in [-0.25, -0.2) is 9.97 Å². The molecule has 0 spiro atoms. The Bertz CT molecular complexity index is 567. The van der Waals surface area contributed by atoms with Gasteiger partial charge in [0.15, 0.2) is 0 Å². The molecule has 2 aromatic rings. The van der Waals surface area contributed by atoms with Crippen molar-refractivity contribution in [2.75, 3.05) is 0 Å². The van der Waals surface area contributed by atoms with E-state index in [0.29, 0.717) is 0 Å². The molecule has 0 aliphatic rings. The Morgan fingerprint density at radius 3 is 2.74 bits per heavy atom. The van der Waals surface area contributed by atoms with Crippen LogP contribution < -0.4 is 5.73 Å². The Kier molecular flexibility index (Phi) is 4.66. The van der Waals surface area contributed by atoms with Gasteiger partial charge < -0.3 is 5.73 Å². The fourth-order valence-electron chi connectivity index (χ4n) is 2.04. The summed E-state index contributed by atoms with van der Waals surface area (Å²) in [6.07, 6.45) is 1.53. The number of aryl methyl sites for hydroxylation is 1. The fourth-order valence-corrected chi connectivity index (χ4v) is 2.49. The lowest BCUT2D eigenvalue weighted by Gasteiger charge is -2.08. The molecule has 0 fully saturated rings. The zero-order valence-corrected chi connectivity index (χ0v) is 12.8. The first-order valence-electron chi connectivity index (χ1n) is 6.36. The summed E-state index contributed by atoms with van der Waals surface area (Å²) in [5, 5.41) is 0. The van der Waals surface area contributed by atoms with E-state index >= 15 is 0 Å². The molecule has 1 aromatic heterocycles. The van der Waals surface area contributed by atoms with Crippen LogP contribution in [0, 0.1) is 6.92 Å². The molecule has 2 N–H and O–H groups in total. The zero-order chi connectivity index (χ0) is 13.8. The number of hydrogen-bond donors (Lipinski definition) is 1. The molecular weight excluding hydrogens is 302 g/mol. The molecule has 1 aromatic carbocycles. The predicted molar refractivity (Wildman–Crippen MR) is 81.1 cm³/mol. The molecule has 19 heavy (non-hydrogen) atoms. The first-order chi connectivity index (χ1) is 9.02. The van der Waals surface area contributed by atoms with Gasteiger partial charge in [-0.3, -0.25) is 0 Å². The van der Waals surface area contributed by atoms with E-state index in [2.05, 4.69) is 38.0 Å². The summed E-state index contributed by atoms with van der Waals surface area (Å²) in [6, 6.07) is 10.3. The monoisotopic (exact) mass is 319 g/mol. The van der Waals surface area contributed by atoms with Crippen LogP contribution in [0.5, 0.6) is 0 Å². The molecular formula is C15H18BrN3. The molecule has 1 unspecified atom stereocenters. The third kappa shape index (κ3) is 4.40. The van der Waals surface area contributed by atoms with E-state index < -0.39 is 0 Å². The number of benzene rings is 1. The largest absolute Gasteiger partial charge is 0.328 e. The van der Waals surface area contributed by atoms with Crippen molar-refractivity contribution in [2.45, 2.75) is 32.7 Å². The molecule has 1 heterocycles. The Morgan fingerprint density at radius 2 is 2.05 bits per heavy atom. The third-order valence-electron chi connectivity index (χ3n) is 2.74. The molecule has 2 rings (SSSR count). The van der Waals surface area contributed by atoms with Gasteiger partial charge in [0.25, 0.3) is 0 Å². The molecule has 0 aliphatic heterocycles. The number of rotatable bonds is 4. The molecule has 0 aliphatic carbocycles. The van der Waals surface area contributed by atoms with Crippen molar-refractivity contribution in [3.05, 3.63) is 57.6 Å². The lowest BCUT2D eigenvalue weighted by Crippen LogP contribution is -2.19. The van der Waals surface area contributed by atoms with Crippen LogP contribution in [-0.4, -0.2) is 16.0 Å². The second kappa shape index (κ2) is 6.26. The first-order valence-corrected chi connectivity index (χ1v) is 7.15. The van der Waals surface area contributed by atoms with Crippen molar-refractivity contribution < 1.29 is 0 Å². The standard InChI is InChI=1S/C15H18BrN3/c1-10(17)6-14-7-11(2)18-15(19-14)9-12-4-3-5-13(16)8-12/h3-5,7-8,10H,6,9,17H2,1-2H3. The fraction of sp³-hybridized carbons (Fsp3) is 0.333. The van der Waals surface area contributed by atoms with Gasteiger partial charge in [-0.15, -0.1) is 0 Å². The Balaban J connectivity index is 2.22. The maximum atomic E-state index is 5.83. The van der Waals surface area contributed by atoms with E-state index in [-0.39, 0.29) is 6.04 Å². The minimum absolute atomic E-state index is 0.119. The minimum Gasteiger partial charge on any atom is -0.328 e. The summed E-state index contributed by atoms with van der Waals surface area (Å²) < 4.78 is 1.08. The van der Waals surface area contributed by atoms with Crippen LogP contribution in [0.2, 0.25) is 0 Å². The van der Waals surface area contributed by atoms with E-state index in [1.54, 1.807) is 0 Å². The van der Waals surface area contributed by atoms with Crippen LogP contribution in [0.1, 0.15) is 29.7 Å². The summed E-state index contributed by atoms with van der Waals surface area (Å²) >= 11 is 3.48. The summed E-state index contributed by atoms with van der Waals surface area (Å²) in [6.45, 7) is 3.99. The lowest BCUT2D eigenvalue weighted by atomic mass is 10.1. The highest BCUT2D eigenvalue weighted by Crippen LogP contribution is 2.14. The number of hydrogen-bond acceptors (Lipinski definition) is 3. The van der Waals surface area contributed by atoms with Crippen molar-refractivity contribution in [1.29, 1.82) is 0 Å². The Labute approximate surface area is 122 Å². The highest BCUT2D eigenvalue weighted by atomic mass is 79.9. The molecule has 0 bridgehead atoms. The van der Waals surface area contributed by atoms with E-state index in [0.717, 1.165) is 34.5 Å². The van der Waals surface area contributed by atoms with Gasteiger partial charge in [-0.2, -0.15) is 0 Å². The lowest BCUT2D eigenvalue weighted by molar-refractivity contribution is 0.711. The number of halogens is 1. The maximum absolute atomic E-state index is 5.83. The summed E-state index contributed by atoms with van der Waals surface area (Å²) in [4.78, 5) is 9.09. The second-order valence-corrected chi connectivity index (χ2v) is 5.82. The maximum Gasteiger partial charge on any atom is 0.133 e. The molecule has 100 valence electrons. The van der Waals surface area contributed by atoms with E-state index in [9.17, 15) is 0 Å². The topological polar surface area (TPSA) is 51.8 Å². The second-order valence-electron chi connectivity index (χ2n) is 4.90. The number of nitrogens with two attached hydrogens (primary N) is 1. The number of aromatic nitrogens is 2. The predicted octanol–water partition coefficient (Wildman–Crippen LogP) is 3.03. The van der Waals surface area contributed by atoms with Gasteiger partial charge in [0.05, 0.1) is 0 Å². The van der Waals surface area contributed by atoms with Crippen molar-refractivity contribution in [1.82, 2.24) is 9.97 Å². The SMILES string of the molecule is Cc1cc(CC(C)N)nc(Cc2cccc(Br)c2)n1. The van der Waals surface area contributed by atoms with Crippen LogP contribution in [0.3, 0.4) is 0 Å². The molecule has 1 atom stereocenters. The van der Waals surface area contributed by atoms with Crippen LogP contribution in [0.15, 0.2) is 34.8 Å². The van der Waals surface area contributed by atoms with Crippen molar-refractivity contribution >= 4 is 15.9 Å². The van der Waals surface area contributed by atoms with Gasteiger partial charge in [-0.05, 0) is 37.6 Å². The third-order valence-corrected chi connectivity index (χ3v) is 3.23. The molecule has 0 amide bonds. The smallest absolute Gasteiger partial charge is 0.133 e. The molecule has 0 saturated heterocycles. The van der Waals surface area contributed by atoms with E-state index in [4.69, 9.17) is 5.73 Å². The summed E-state index contributed by atoms with van der Waals surface area (Å²) in [7, 11) is 0. The molecule has 3 nitrogen and oxygen atoms in total. The summed E-state index contributed by atoms with van der Waals surface area (Å²) in [5.74, 6) is 0.855. The van der Waals surface area contributed by atoms with Crippen molar-refractivity contribution in [3.8, 4) is 0 Å². The number of nitrogens with zero attached hydrogens (tertiary/aromatic N) is 2. The van der Waals surface area contributed by atoms with E-state index in [1.807, 2.05) is 32.0 Å². The zero-order valence-electron chi connectivity index (χ0n) is 11.2. The molecule has 0 saturated carbocycles. The highest BCUT2D eigenvalue weighted by molar-refractivity contribution is 9.10. The Morgan fingerprint density at radius 1 is 1.26 bits per heavy atom. The van der Waals surface area contributed by atoms with Gasteiger partial charge >= 0.3 is 0 Å².